The van der Waals surface area contributed by atoms with Crippen LogP contribution in [-0.2, 0) is 0 Å². The van der Waals surface area contributed by atoms with Crippen molar-refractivity contribution in [1.29, 1.82) is 0 Å². The zero-order chi connectivity index (χ0) is 14.9. The molecule has 4 heteroatoms. The lowest BCUT2D eigenvalue weighted by molar-refractivity contribution is 0.372. The average molecular weight is 288 g/mol. The van der Waals surface area contributed by atoms with Crippen molar-refractivity contribution in [1.82, 2.24) is 10.2 Å². The van der Waals surface area contributed by atoms with Crippen molar-refractivity contribution in [2.24, 2.45) is 4.99 Å². The molecule has 1 saturated heterocycles. The second-order valence-corrected chi connectivity index (χ2v) is 5.40. The van der Waals surface area contributed by atoms with E-state index in [9.17, 15) is 0 Å². The quantitative estimate of drug-likeness (QED) is 0.513. The minimum absolute atomic E-state index is 0.928. The number of nitrogens with zero attached hydrogens (tertiary/aromatic N) is 3. The topological polar surface area (TPSA) is 30.9 Å². The molecule has 4 nitrogen and oxygen atoms in total. The molecule has 1 aliphatic rings. The Hall–Kier alpha value is -1.71. The van der Waals surface area contributed by atoms with E-state index in [1.165, 1.54) is 18.5 Å². The Morgan fingerprint density at radius 1 is 1.10 bits per heavy atom. The lowest BCUT2D eigenvalue weighted by atomic mass is 10.2. The van der Waals surface area contributed by atoms with Gasteiger partial charge in [0.25, 0.3) is 0 Å². The molecule has 1 heterocycles. The van der Waals surface area contributed by atoms with Crippen LogP contribution in [0.1, 0.15) is 26.7 Å². The van der Waals surface area contributed by atoms with Gasteiger partial charge < -0.3 is 15.1 Å². The second kappa shape index (κ2) is 8.55. The Kier molecular flexibility index (Phi) is 6.38. The third-order valence-electron chi connectivity index (χ3n) is 3.81. The van der Waals surface area contributed by atoms with Crippen LogP contribution in [0.25, 0.3) is 0 Å². The molecule has 0 saturated carbocycles. The number of aliphatic imine (C=N–C) groups is 1. The molecular formula is C17H28N4. The number of benzene rings is 1. The third kappa shape index (κ3) is 4.66. The molecule has 116 valence electrons. The molecule has 1 N–H and O–H groups in total. The highest BCUT2D eigenvalue weighted by molar-refractivity contribution is 5.80. The van der Waals surface area contributed by atoms with E-state index in [1.807, 2.05) is 0 Å². The van der Waals surface area contributed by atoms with E-state index in [1.54, 1.807) is 0 Å². The van der Waals surface area contributed by atoms with Gasteiger partial charge in [0.05, 0.1) is 0 Å². The molecule has 1 aromatic carbocycles. The van der Waals surface area contributed by atoms with Gasteiger partial charge in [-0.2, -0.15) is 0 Å². The van der Waals surface area contributed by atoms with Gasteiger partial charge in [-0.3, -0.25) is 4.99 Å². The predicted molar refractivity (Wildman–Crippen MR) is 91.1 cm³/mol. The van der Waals surface area contributed by atoms with E-state index in [0.29, 0.717) is 0 Å². The summed E-state index contributed by atoms with van der Waals surface area (Å²) in [5.74, 6) is 1.08. The summed E-state index contributed by atoms with van der Waals surface area (Å²) in [4.78, 5) is 9.58. The maximum absolute atomic E-state index is 4.74. The van der Waals surface area contributed by atoms with Gasteiger partial charge >= 0.3 is 0 Å². The van der Waals surface area contributed by atoms with E-state index >= 15 is 0 Å². The molecule has 0 amide bonds. The second-order valence-electron chi connectivity index (χ2n) is 5.40. The summed E-state index contributed by atoms with van der Waals surface area (Å²) in [6, 6.07) is 10.7. The monoisotopic (exact) mass is 288 g/mol. The molecule has 2 rings (SSSR count). The Balaban J connectivity index is 1.90. The zero-order valence-electron chi connectivity index (χ0n) is 13.4. The maximum atomic E-state index is 4.74. The maximum Gasteiger partial charge on any atom is 0.194 e. The predicted octanol–water partition coefficient (Wildman–Crippen LogP) is 2.57. The summed E-state index contributed by atoms with van der Waals surface area (Å²) in [6.07, 6.45) is 2.36. The number of hydrogen-bond acceptors (Lipinski definition) is 2. The average Bonchev–Trinajstić information content (AvgIpc) is 2.55. The molecule has 0 aromatic heterocycles. The van der Waals surface area contributed by atoms with Crippen LogP contribution < -0.4 is 10.2 Å². The van der Waals surface area contributed by atoms with Crippen LogP contribution in [0, 0.1) is 0 Å². The smallest absolute Gasteiger partial charge is 0.194 e. The van der Waals surface area contributed by atoms with Crippen molar-refractivity contribution < 1.29 is 0 Å². The molecule has 0 aliphatic carbocycles. The Bertz CT molecular complexity index is 422. The van der Waals surface area contributed by atoms with Crippen LogP contribution in [0.2, 0.25) is 0 Å². The highest BCUT2D eigenvalue weighted by atomic mass is 15.3. The van der Waals surface area contributed by atoms with Crippen molar-refractivity contribution in [3.8, 4) is 0 Å². The van der Waals surface area contributed by atoms with E-state index < -0.39 is 0 Å². The van der Waals surface area contributed by atoms with Crippen LogP contribution in [-0.4, -0.2) is 50.1 Å². The highest BCUT2D eigenvalue weighted by Crippen LogP contribution is 2.15. The molecule has 0 spiro atoms. The Morgan fingerprint density at radius 3 is 2.43 bits per heavy atom. The lowest BCUT2D eigenvalue weighted by Gasteiger charge is -2.37. The van der Waals surface area contributed by atoms with Crippen molar-refractivity contribution in [3.05, 3.63) is 30.3 Å². The molecule has 0 unspecified atom stereocenters. The van der Waals surface area contributed by atoms with Crippen LogP contribution in [0.15, 0.2) is 35.3 Å². The summed E-state index contributed by atoms with van der Waals surface area (Å²) < 4.78 is 0. The minimum atomic E-state index is 0.928. The first-order valence-corrected chi connectivity index (χ1v) is 8.18. The van der Waals surface area contributed by atoms with E-state index in [-0.39, 0.29) is 0 Å². The number of nitrogens with one attached hydrogen (secondary N) is 1. The normalized spacial score (nSPS) is 16.2. The zero-order valence-corrected chi connectivity index (χ0v) is 13.4. The lowest BCUT2D eigenvalue weighted by Crippen LogP contribution is -2.52. The summed E-state index contributed by atoms with van der Waals surface area (Å²) in [5.41, 5.74) is 1.32. The fourth-order valence-electron chi connectivity index (χ4n) is 2.58. The van der Waals surface area contributed by atoms with Gasteiger partial charge in [0, 0.05) is 45.0 Å². The van der Waals surface area contributed by atoms with Crippen LogP contribution in [0.4, 0.5) is 5.69 Å². The fourth-order valence-corrected chi connectivity index (χ4v) is 2.58. The number of rotatable bonds is 5. The minimum Gasteiger partial charge on any atom is -0.368 e. The van der Waals surface area contributed by atoms with Gasteiger partial charge in [-0.05, 0) is 25.5 Å². The van der Waals surface area contributed by atoms with Crippen LogP contribution in [0.5, 0.6) is 0 Å². The first-order chi connectivity index (χ1) is 10.3. The fraction of sp³-hybridized carbons (Fsp3) is 0.588. The number of unbranched alkanes of at least 4 members (excludes halogenated alkanes) is 1. The van der Waals surface area contributed by atoms with E-state index in [4.69, 9.17) is 4.99 Å². The number of para-hydroxylation sites is 1. The first-order valence-electron chi connectivity index (χ1n) is 8.18. The molecule has 1 aromatic rings. The van der Waals surface area contributed by atoms with E-state index in [0.717, 1.165) is 45.2 Å². The summed E-state index contributed by atoms with van der Waals surface area (Å²) in [6.45, 7) is 10.4. The van der Waals surface area contributed by atoms with Gasteiger partial charge in [-0.1, -0.05) is 31.5 Å². The van der Waals surface area contributed by atoms with Gasteiger partial charge in [0.2, 0.25) is 0 Å². The molecular weight excluding hydrogens is 260 g/mol. The summed E-state index contributed by atoms with van der Waals surface area (Å²) in [5, 5.41) is 3.42. The summed E-state index contributed by atoms with van der Waals surface area (Å²) >= 11 is 0. The molecule has 0 bridgehead atoms. The van der Waals surface area contributed by atoms with Crippen molar-refractivity contribution in [2.45, 2.75) is 26.7 Å². The number of anilines is 1. The number of guanidine groups is 1. The Morgan fingerprint density at radius 2 is 1.81 bits per heavy atom. The number of piperazine rings is 1. The van der Waals surface area contributed by atoms with Gasteiger partial charge in [-0.25, -0.2) is 0 Å². The first kappa shape index (κ1) is 15.7. The molecule has 1 aliphatic heterocycles. The summed E-state index contributed by atoms with van der Waals surface area (Å²) in [7, 11) is 0. The SMILES string of the molecule is CCCCN=C(NCC)N1CCN(c2ccccc2)CC1. The molecule has 21 heavy (non-hydrogen) atoms. The van der Waals surface area contributed by atoms with Gasteiger partial charge in [0.15, 0.2) is 5.96 Å². The van der Waals surface area contributed by atoms with Crippen molar-refractivity contribution >= 4 is 11.6 Å². The van der Waals surface area contributed by atoms with Gasteiger partial charge in [0.1, 0.15) is 0 Å². The highest BCUT2D eigenvalue weighted by Gasteiger charge is 2.19. The molecule has 1 fully saturated rings. The van der Waals surface area contributed by atoms with Crippen molar-refractivity contribution in [3.63, 3.8) is 0 Å². The van der Waals surface area contributed by atoms with Gasteiger partial charge in [-0.15, -0.1) is 0 Å². The standard InChI is InChI=1S/C17H28N4/c1-3-5-11-19-17(18-4-2)21-14-12-20(13-15-21)16-9-7-6-8-10-16/h6-10H,3-5,11-15H2,1-2H3,(H,18,19). The molecule has 0 atom stereocenters. The third-order valence-corrected chi connectivity index (χ3v) is 3.81. The van der Waals surface area contributed by atoms with Crippen LogP contribution in [0.3, 0.4) is 0 Å². The molecule has 0 radical (unpaired) electrons. The van der Waals surface area contributed by atoms with Crippen LogP contribution >= 0.6 is 0 Å². The number of hydrogen-bond donors (Lipinski definition) is 1. The van der Waals surface area contributed by atoms with Crippen molar-refractivity contribution in [2.75, 3.05) is 44.2 Å². The largest absolute Gasteiger partial charge is 0.368 e. The van der Waals surface area contributed by atoms with E-state index in [2.05, 4.69) is 59.3 Å². The Labute approximate surface area is 128 Å².